The smallest absolute Gasteiger partial charge is 0.289 e. The van der Waals surface area contributed by atoms with E-state index in [1.54, 1.807) is 83.1 Å². The van der Waals surface area contributed by atoms with E-state index in [0.29, 0.717) is 51.4 Å². The van der Waals surface area contributed by atoms with Crippen LogP contribution < -0.4 is 0 Å². The van der Waals surface area contributed by atoms with Gasteiger partial charge in [0.15, 0.2) is 75.5 Å². The lowest BCUT2D eigenvalue weighted by Gasteiger charge is -2.39. The summed E-state index contributed by atoms with van der Waals surface area (Å²) >= 11 is 0. The van der Waals surface area contributed by atoms with E-state index in [0.717, 1.165) is 0 Å². The summed E-state index contributed by atoms with van der Waals surface area (Å²) in [6, 6.07) is 0. The average molecular weight is 963 g/mol. The summed E-state index contributed by atoms with van der Waals surface area (Å²) in [6.07, 6.45) is -2.72. The van der Waals surface area contributed by atoms with E-state index < -0.39 is 87.4 Å². The van der Waals surface area contributed by atoms with Crippen LogP contribution in [0.1, 0.15) is 161 Å². The lowest BCUT2D eigenvalue weighted by molar-refractivity contribution is -0.483. The first-order chi connectivity index (χ1) is 31.1. The Morgan fingerprint density at radius 3 is 0.697 bits per heavy atom. The molecule has 0 saturated carbocycles. The molecule has 0 aromatic heterocycles. The topological polar surface area (TPSA) is 183 Å². The Kier molecular flexibility index (Phi) is 35.4. The van der Waals surface area contributed by atoms with Gasteiger partial charge in [-0.25, -0.2) is 0 Å². The van der Waals surface area contributed by atoms with Gasteiger partial charge in [-0.15, -0.1) is 0 Å². The fraction of sp³-hybridized carbons (Fsp3) is 0.979. The van der Waals surface area contributed by atoms with Crippen LogP contribution in [0, 0.1) is 11.8 Å². The number of carbonyl (C=O) groups is 1. The van der Waals surface area contributed by atoms with Crippen molar-refractivity contribution in [3.05, 3.63) is 0 Å². The highest BCUT2D eigenvalue weighted by atomic mass is 17.0. The largest absolute Gasteiger partial charge is 0.356 e. The number of methoxy groups -OCH3 is 6. The molecule has 0 radical (unpaired) electrons. The first-order valence-electron chi connectivity index (χ1n) is 23.8. The zero-order valence-electron chi connectivity index (χ0n) is 44.4. The van der Waals surface area contributed by atoms with Crippen LogP contribution in [0.4, 0.5) is 0 Å². The van der Waals surface area contributed by atoms with Gasteiger partial charge in [-0.2, -0.15) is 0 Å². The predicted octanol–water partition coefficient (Wildman–Crippen LogP) is 9.27. The summed E-state index contributed by atoms with van der Waals surface area (Å²) in [5.74, 6) is -3.49. The van der Waals surface area contributed by atoms with Crippen molar-refractivity contribution in [3.63, 3.8) is 0 Å². The number of rotatable bonds is 44. The van der Waals surface area contributed by atoms with Crippen molar-refractivity contribution in [2.24, 2.45) is 11.8 Å². The van der Waals surface area contributed by atoms with E-state index in [1.807, 2.05) is 13.8 Å². The Morgan fingerprint density at radius 2 is 0.530 bits per heavy atom. The van der Waals surface area contributed by atoms with E-state index in [2.05, 4.69) is 0 Å². The normalized spacial score (nSPS) is 20.7. The van der Waals surface area contributed by atoms with Crippen LogP contribution in [0.3, 0.4) is 0 Å². The number of ether oxygens (including phenoxy) is 18. The first kappa shape index (κ1) is 65.0. The van der Waals surface area contributed by atoms with E-state index >= 15 is 0 Å². The second kappa shape index (κ2) is 36.0. The van der Waals surface area contributed by atoms with Gasteiger partial charge in [-0.1, -0.05) is 26.7 Å². The molecule has 19 heteroatoms. The first-order valence-corrected chi connectivity index (χ1v) is 23.8. The summed E-state index contributed by atoms with van der Waals surface area (Å²) < 4.78 is 106. The number of Topliss-reactive ketones (excluding diaryl/α,β-unsaturated/α-hetero) is 1. The quantitative estimate of drug-likeness (QED) is 0.0415. The van der Waals surface area contributed by atoms with E-state index in [4.69, 9.17) is 85.3 Å². The summed E-state index contributed by atoms with van der Waals surface area (Å²) in [5.41, 5.74) is 0. The number of carbonyl (C=O) groups excluding carboxylic acids is 1. The van der Waals surface area contributed by atoms with Crippen molar-refractivity contribution < 1.29 is 90.1 Å². The van der Waals surface area contributed by atoms with Gasteiger partial charge in [0, 0.05) is 67.3 Å². The molecule has 0 aliphatic carbocycles. The zero-order chi connectivity index (χ0) is 50.5. The maximum atomic E-state index is 14.2. The number of unbranched alkanes of at least 4 members (excludes halogenated alkanes) is 2. The van der Waals surface area contributed by atoms with Gasteiger partial charge in [0.1, 0.15) is 5.78 Å². The molecule has 0 amide bonds. The molecule has 19 nitrogen and oxygen atoms in total. The van der Waals surface area contributed by atoms with Gasteiger partial charge in [-0.3, -0.25) is 33.2 Å². The maximum absolute atomic E-state index is 14.2. The molecule has 0 N–H and O–H groups in total. The third kappa shape index (κ3) is 28.0. The molecule has 0 aromatic rings. The van der Waals surface area contributed by atoms with Crippen LogP contribution >= 0.6 is 0 Å². The SMILES string of the molecule is CCC(CCCCC(OC(C)OC(C)OC)(OC(C)OC(C)OC)OC(C)OC(C)OC)C(=O)C(CC)CCCCC(OC(C)OC(C)OC)(OC(C)OC(C)OC)OC(C)OC(C)OC. The molecule has 0 rings (SSSR count). The van der Waals surface area contributed by atoms with Gasteiger partial charge >= 0.3 is 0 Å². The highest BCUT2D eigenvalue weighted by molar-refractivity contribution is 5.83. The highest BCUT2D eigenvalue weighted by Crippen LogP contribution is 2.34. The van der Waals surface area contributed by atoms with Crippen molar-refractivity contribution >= 4 is 5.78 Å². The second-order valence-corrected chi connectivity index (χ2v) is 16.2. The standard InChI is InChI=1S/C47H94O19/c1-21-43(27-23-25-29-46(61-37(9)55-31(3)49-15,62-38(10)56-32(4)50-16)63-39(11)57-33(5)51-17)45(48)44(22-2)28-24-26-30-47(64-40(12)58-34(6)52-18,65-41(13)59-35(7)53-19)66-42(14)60-36(8)54-20/h31-44H,21-30H2,1-20H3. The molecular weight excluding hydrogens is 868 g/mol. The average Bonchev–Trinajstić information content (AvgIpc) is 3.25. The fourth-order valence-corrected chi connectivity index (χ4v) is 7.05. The van der Waals surface area contributed by atoms with Gasteiger partial charge < -0.3 is 56.8 Å². The van der Waals surface area contributed by atoms with Crippen LogP contribution in [0.5, 0.6) is 0 Å². The molecule has 66 heavy (non-hydrogen) atoms. The van der Waals surface area contributed by atoms with Crippen LogP contribution in [-0.4, -0.2) is 136 Å². The molecule has 0 aliphatic rings. The third-order valence-corrected chi connectivity index (χ3v) is 10.7. The molecule has 0 bridgehead atoms. The summed E-state index contributed by atoms with van der Waals surface area (Å²) in [5, 5.41) is 0. The lowest BCUT2D eigenvalue weighted by Crippen LogP contribution is -2.48. The van der Waals surface area contributed by atoms with Crippen molar-refractivity contribution in [1.29, 1.82) is 0 Å². The molecule has 0 fully saturated rings. The molecular formula is C47H94O19. The third-order valence-electron chi connectivity index (χ3n) is 10.7. The fourth-order valence-electron chi connectivity index (χ4n) is 7.05. The lowest BCUT2D eigenvalue weighted by atomic mass is 9.83. The Bertz CT molecular complexity index is 999. The van der Waals surface area contributed by atoms with Gasteiger partial charge in [0.2, 0.25) is 0 Å². The van der Waals surface area contributed by atoms with Gasteiger partial charge in [0.05, 0.1) is 0 Å². The summed E-state index contributed by atoms with van der Waals surface area (Å²) in [4.78, 5) is 14.2. The summed E-state index contributed by atoms with van der Waals surface area (Å²) in [6.45, 7) is 25.0. The van der Waals surface area contributed by atoms with Gasteiger partial charge in [0.25, 0.3) is 11.9 Å². The van der Waals surface area contributed by atoms with Crippen LogP contribution in [0.25, 0.3) is 0 Å². The number of hydrogen-bond donors (Lipinski definition) is 0. The highest BCUT2D eigenvalue weighted by Gasteiger charge is 2.43. The van der Waals surface area contributed by atoms with E-state index in [-0.39, 0.29) is 30.5 Å². The Balaban J connectivity index is 6.27. The minimum absolute atomic E-state index is 0.164. The Hall–Kier alpha value is -1.05. The van der Waals surface area contributed by atoms with Crippen molar-refractivity contribution in [1.82, 2.24) is 0 Å². The molecule has 0 spiro atoms. The van der Waals surface area contributed by atoms with Crippen molar-refractivity contribution in [2.45, 2.75) is 249 Å². The molecule has 0 aromatic carbocycles. The minimum atomic E-state index is -1.69. The molecule has 0 heterocycles. The predicted molar refractivity (Wildman–Crippen MR) is 244 cm³/mol. The Labute approximate surface area is 398 Å². The Morgan fingerprint density at radius 1 is 0.333 bits per heavy atom. The van der Waals surface area contributed by atoms with E-state index in [9.17, 15) is 4.79 Å². The van der Waals surface area contributed by atoms with E-state index in [1.165, 1.54) is 42.7 Å². The summed E-state index contributed by atoms with van der Waals surface area (Å²) in [7, 11) is 9.23. The number of hydrogen-bond acceptors (Lipinski definition) is 19. The van der Waals surface area contributed by atoms with Crippen molar-refractivity contribution in [2.75, 3.05) is 42.7 Å². The zero-order valence-corrected chi connectivity index (χ0v) is 44.4. The minimum Gasteiger partial charge on any atom is -0.356 e. The molecule has 14 unspecified atom stereocenters. The molecule has 0 aliphatic heterocycles. The molecule has 14 atom stereocenters. The van der Waals surface area contributed by atoms with Crippen LogP contribution in [0.2, 0.25) is 0 Å². The van der Waals surface area contributed by atoms with Crippen LogP contribution in [-0.2, 0) is 90.1 Å². The monoisotopic (exact) mass is 963 g/mol. The van der Waals surface area contributed by atoms with Crippen LogP contribution in [0.15, 0.2) is 0 Å². The number of ketones is 1. The second-order valence-electron chi connectivity index (χ2n) is 16.2. The molecule has 396 valence electrons. The molecule has 0 saturated heterocycles. The van der Waals surface area contributed by atoms with Crippen molar-refractivity contribution in [3.8, 4) is 0 Å². The maximum Gasteiger partial charge on any atom is 0.289 e. The van der Waals surface area contributed by atoms with Gasteiger partial charge in [-0.05, 0) is 122 Å².